The van der Waals surface area contributed by atoms with Gasteiger partial charge in [-0.05, 0) is 37.3 Å². The lowest BCUT2D eigenvalue weighted by Gasteiger charge is -2.17. The number of aryl methyl sites for hydroxylation is 1. The molecule has 4 nitrogen and oxygen atoms in total. The number of rotatable bonds is 6. The van der Waals surface area contributed by atoms with Crippen LogP contribution in [-0.2, 0) is 0 Å². The van der Waals surface area contributed by atoms with Gasteiger partial charge in [-0.1, -0.05) is 6.07 Å². The first kappa shape index (κ1) is 15.8. The van der Waals surface area contributed by atoms with Gasteiger partial charge in [0.2, 0.25) is 0 Å². The van der Waals surface area contributed by atoms with Crippen molar-refractivity contribution in [2.24, 2.45) is 0 Å². The van der Waals surface area contributed by atoms with Crippen molar-refractivity contribution in [3.8, 4) is 0 Å². The van der Waals surface area contributed by atoms with Crippen LogP contribution in [0.3, 0.4) is 0 Å². The number of amides is 2. The molecule has 0 spiro atoms. The molecule has 0 aromatic heterocycles. The topological polar surface area (TPSA) is 61.4 Å². The van der Waals surface area contributed by atoms with E-state index in [1.807, 2.05) is 6.26 Å². The van der Waals surface area contributed by atoms with E-state index in [-0.39, 0.29) is 18.3 Å². The predicted molar refractivity (Wildman–Crippen MR) is 77.2 cm³/mol. The average molecular weight is 286 g/mol. The van der Waals surface area contributed by atoms with Crippen molar-refractivity contribution in [1.29, 1.82) is 0 Å². The third-order valence-corrected chi connectivity index (χ3v) is 3.29. The number of carbonyl (C=O) groups is 1. The van der Waals surface area contributed by atoms with E-state index in [9.17, 15) is 9.18 Å². The maximum absolute atomic E-state index is 13.6. The van der Waals surface area contributed by atoms with Crippen molar-refractivity contribution in [3.63, 3.8) is 0 Å². The Bertz CT molecular complexity index is 423. The molecule has 0 bridgehead atoms. The number of carbonyl (C=O) groups excluding carboxylic acids is 1. The molecule has 1 unspecified atom stereocenters. The van der Waals surface area contributed by atoms with Crippen LogP contribution >= 0.6 is 11.8 Å². The predicted octanol–water partition coefficient (Wildman–Crippen LogP) is 2.37. The fourth-order valence-electron chi connectivity index (χ4n) is 1.62. The molecule has 0 aliphatic carbocycles. The van der Waals surface area contributed by atoms with E-state index in [0.717, 1.165) is 5.56 Å². The third-order valence-electron chi connectivity index (χ3n) is 2.55. The number of benzene rings is 1. The van der Waals surface area contributed by atoms with Gasteiger partial charge in [-0.2, -0.15) is 11.8 Å². The summed E-state index contributed by atoms with van der Waals surface area (Å²) >= 11 is 1.58. The molecule has 19 heavy (non-hydrogen) atoms. The van der Waals surface area contributed by atoms with Crippen LogP contribution in [0, 0.1) is 12.7 Å². The fraction of sp³-hybridized carbons (Fsp3) is 0.462. The van der Waals surface area contributed by atoms with Crippen LogP contribution in [0.2, 0.25) is 0 Å². The molecule has 0 heterocycles. The molecule has 106 valence electrons. The Morgan fingerprint density at radius 2 is 2.26 bits per heavy atom. The standard InChI is InChI=1S/C13H19FN2O2S/c1-9-3-4-12(11(14)7-9)16-13(18)15-10(5-6-17)8-19-2/h3-4,7,10,17H,5-6,8H2,1-2H3,(H2,15,16,18). The van der Waals surface area contributed by atoms with Crippen LogP contribution in [0.4, 0.5) is 14.9 Å². The minimum atomic E-state index is -0.463. The summed E-state index contributed by atoms with van der Waals surface area (Å²) in [6.45, 7) is 1.78. The van der Waals surface area contributed by atoms with Gasteiger partial charge in [0.05, 0.1) is 5.69 Å². The van der Waals surface area contributed by atoms with Crippen molar-refractivity contribution in [2.45, 2.75) is 19.4 Å². The molecule has 0 fully saturated rings. The lowest BCUT2D eigenvalue weighted by molar-refractivity contribution is 0.241. The highest BCUT2D eigenvalue weighted by atomic mass is 32.2. The van der Waals surface area contributed by atoms with E-state index in [0.29, 0.717) is 12.2 Å². The number of thioether (sulfide) groups is 1. The van der Waals surface area contributed by atoms with Gasteiger partial charge < -0.3 is 15.7 Å². The number of anilines is 1. The summed E-state index contributed by atoms with van der Waals surface area (Å²) in [6, 6.07) is 4.03. The van der Waals surface area contributed by atoms with Gasteiger partial charge in [0, 0.05) is 18.4 Å². The summed E-state index contributed by atoms with van der Waals surface area (Å²) in [4.78, 5) is 11.7. The Kier molecular flexibility index (Phi) is 6.66. The van der Waals surface area contributed by atoms with Gasteiger partial charge in [0.15, 0.2) is 0 Å². The van der Waals surface area contributed by atoms with Gasteiger partial charge in [-0.3, -0.25) is 0 Å². The lowest BCUT2D eigenvalue weighted by atomic mass is 10.2. The summed E-state index contributed by atoms with van der Waals surface area (Å²) in [5.41, 5.74) is 0.944. The van der Waals surface area contributed by atoms with Crippen molar-refractivity contribution < 1.29 is 14.3 Å². The lowest BCUT2D eigenvalue weighted by Crippen LogP contribution is -2.40. The van der Waals surface area contributed by atoms with Crippen LogP contribution < -0.4 is 10.6 Å². The smallest absolute Gasteiger partial charge is 0.319 e. The van der Waals surface area contributed by atoms with Gasteiger partial charge in [0.1, 0.15) is 5.82 Å². The number of hydrogen-bond acceptors (Lipinski definition) is 3. The number of nitrogens with one attached hydrogen (secondary N) is 2. The van der Waals surface area contributed by atoms with E-state index in [1.165, 1.54) is 12.1 Å². The summed E-state index contributed by atoms with van der Waals surface area (Å²) in [5.74, 6) is 0.239. The maximum Gasteiger partial charge on any atom is 0.319 e. The molecular weight excluding hydrogens is 267 g/mol. The Balaban J connectivity index is 2.58. The van der Waals surface area contributed by atoms with E-state index in [1.54, 1.807) is 24.8 Å². The van der Waals surface area contributed by atoms with E-state index in [4.69, 9.17) is 5.11 Å². The van der Waals surface area contributed by atoms with Crippen LogP contribution in [0.15, 0.2) is 18.2 Å². The summed E-state index contributed by atoms with van der Waals surface area (Å²) in [5, 5.41) is 14.1. The van der Waals surface area contributed by atoms with Gasteiger partial charge in [0.25, 0.3) is 0 Å². The number of aliphatic hydroxyl groups is 1. The quantitative estimate of drug-likeness (QED) is 0.752. The number of urea groups is 1. The van der Waals surface area contributed by atoms with E-state index < -0.39 is 11.8 Å². The Morgan fingerprint density at radius 3 is 2.84 bits per heavy atom. The molecule has 0 radical (unpaired) electrons. The fourth-order valence-corrected chi connectivity index (χ4v) is 2.27. The Labute approximate surface area is 116 Å². The average Bonchev–Trinajstić information content (AvgIpc) is 2.33. The summed E-state index contributed by atoms with van der Waals surface area (Å²) in [6.07, 6.45) is 2.40. The first-order chi connectivity index (χ1) is 9.06. The van der Waals surface area contributed by atoms with Gasteiger partial charge in [-0.15, -0.1) is 0 Å². The zero-order chi connectivity index (χ0) is 14.3. The molecule has 1 atom stereocenters. The second kappa shape index (κ2) is 8.01. The minimum absolute atomic E-state index is 0.00436. The largest absolute Gasteiger partial charge is 0.396 e. The molecule has 1 aromatic rings. The molecule has 0 saturated heterocycles. The first-order valence-electron chi connectivity index (χ1n) is 6.00. The van der Waals surface area contributed by atoms with Crippen molar-refractivity contribution >= 4 is 23.5 Å². The molecule has 0 aliphatic rings. The highest BCUT2D eigenvalue weighted by molar-refractivity contribution is 7.98. The van der Waals surface area contributed by atoms with E-state index in [2.05, 4.69) is 10.6 Å². The van der Waals surface area contributed by atoms with Crippen LogP contribution in [0.5, 0.6) is 0 Å². The first-order valence-corrected chi connectivity index (χ1v) is 7.39. The highest BCUT2D eigenvalue weighted by Crippen LogP contribution is 2.15. The molecule has 0 aliphatic heterocycles. The third kappa shape index (κ3) is 5.48. The zero-order valence-corrected chi connectivity index (χ0v) is 11.9. The molecule has 2 amide bonds. The zero-order valence-electron chi connectivity index (χ0n) is 11.1. The van der Waals surface area contributed by atoms with Crippen molar-refractivity contribution in [1.82, 2.24) is 5.32 Å². The van der Waals surface area contributed by atoms with Crippen molar-refractivity contribution in [2.75, 3.05) is 23.9 Å². The van der Waals surface area contributed by atoms with Crippen LogP contribution in [0.1, 0.15) is 12.0 Å². The van der Waals surface area contributed by atoms with E-state index >= 15 is 0 Å². The minimum Gasteiger partial charge on any atom is -0.396 e. The molecule has 6 heteroatoms. The molecule has 0 saturated carbocycles. The second-order valence-electron chi connectivity index (χ2n) is 4.25. The van der Waals surface area contributed by atoms with Crippen LogP contribution in [-0.4, -0.2) is 35.8 Å². The SMILES string of the molecule is CSCC(CCO)NC(=O)Nc1ccc(C)cc1F. The number of halogens is 1. The van der Waals surface area contributed by atoms with Crippen molar-refractivity contribution in [3.05, 3.63) is 29.6 Å². The normalized spacial score (nSPS) is 12.0. The molecule has 3 N–H and O–H groups in total. The Morgan fingerprint density at radius 1 is 1.53 bits per heavy atom. The Hall–Kier alpha value is -1.27. The van der Waals surface area contributed by atoms with Gasteiger partial charge in [-0.25, -0.2) is 9.18 Å². The molecule has 1 aromatic carbocycles. The number of aliphatic hydroxyl groups excluding tert-OH is 1. The maximum atomic E-state index is 13.6. The van der Waals surface area contributed by atoms with Gasteiger partial charge >= 0.3 is 6.03 Å². The van der Waals surface area contributed by atoms with Crippen LogP contribution in [0.25, 0.3) is 0 Å². The number of hydrogen-bond donors (Lipinski definition) is 3. The monoisotopic (exact) mass is 286 g/mol. The second-order valence-corrected chi connectivity index (χ2v) is 5.16. The summed E-state index contributed by atoms with van der Waals surface area (Å²) < 4.78 is 13.6. The molecule has 1 rings (SSSR count). The molecular formula is C13H19FN2O2S. The highest BCUT2D eigenvalue weighted by Gasteiger charge is 2.12. The summed E-state index contributed by atoms with van der Waals surface area (Å²) in [7, 11) is 0.